The lowest BCUT2D eigenvalue weighted by atomic mass is 10.1. The number of para-hydroxylation sites is 1. The first-order valence-electron chi connectivity index (χ1n) is 8.14. The van der Waals surface area contributed by atoms with Crippen molar-refractivity contribution in [3.63, 3.8) is 0 Å². The van der Waals surface area contributed by atoms with Crippen LogP contribution >= 0.6 is 0 Å². The van der Waals surface area contributed by atoms with Gasteiger partial charge in [0.15, 0.2) is 5.78 Å². The SMILES string of the molecule is COc1ccc(NC(=O)Cn2cc(C(C)=O)c3ccccc32)c(OC)c1. The van der Waals surface area contributed by atoms with Gasteiger partial charge in [-0.2, -0.15) is 0 Å². The van der Waals surface area contributed by atoms with Gasteiger partial charge in [0.25, 0.3) is 0 Å². The van der Waals surface area contributed by atoms with Gasteiger partial charge in [0.05, 0.1) is 19.9 Å². The van der Waals surface area contributed by atoms with Crippen LogP contribution in [-0.2, 0) is 11.3 Å². The number of ether oxygens (including phenoxy) is 2. The summed E-state index contributed by atoms with van der Waals surface area (Å²) in [5.74, 6) is 0.906. The third-order valence-corrected chi connectivity index (χ3v) is 4.16. The first-order chi connectivity index (χ1) is 12.5. The van der Waals surface area contributed by atoms with E-state index in [-0.39, 0.29) is 18.2 Å². The fourth-order valence-corrected chi connectivity index (χ4v) is 2.90. The zero-order valence-corrected chi connectivity index (χ0v) is 14.9. The molecule has 6 nitrogen and oxygen atoms in total. The maximum absolute atomic E-state index is 12.5. The lowest BCUT2D eigenvalue weighted by molar-refractivity contribution is -0.116. The van der Waals surface area contributed by atoms with Crippen LogP contribution in [0.15, 0.2) is 48.7 Å². The molecule has 0 fully saturated rings. The van der Waals surface area contributed by atoms with Crippen LogP contribution in [0, 0.1) is 0 Å². The highest BCUT2D eigenvalue weighted by Gasteiger charge is 2.14. The second-order valence-electron chi connectivity index (χ2n) is 5.86. The molecule has 0 aliphatic heterocycles. The first kappa shape index (κ1) is 17.5. The van der Waals surface area contributed by atoms with Gasteiger partial charge in [0, 0.05) is 28.7 Å². The average molecular weight is 352 g/mol. The first-order valence-corrected chi connectivity index (χ1v) is 8.14. The lowest BCUT2D eigenvalue weighted by Crippen LogP contribution is -2.18. The van der Waals surface area contributed by atoms with E-state index in [0.29, 0.717) is 22.7 Å². The topological polar surface area (TPSA) is 69.6 Å². The fourth-order valence-electron chi connectivity index (χ4n) is 2.90. The number of nitrogens with zero attached hydrogens (tertiary/aromatic N) is 1. The molecule has 1 N–H and O–H groups in total. The Balaban J connectivity index is 1.85. The van der Waals surface area contributed by atoms with E-state index < -0.39 is 0 Å². The molecule has 0 bridgehead atoms. The number of methoxy groups -OCH3 is 2. The highest BCUT2D eigenvalue weighted by molar-refractivity contribution is 6.07. The second-order valence-corrected chi connectivity index (χ2v) is 5.86. The molecule has 2 aromatic carbocycles. The van der Waals surface area contributed by atoms with Crippen LogP contribution in [0.4, 0.5) is 5.69 Å². The number of amides is 1. The molecule has 0 radical (unpaired) electrons. The number of hydrogen-bond donors (Lipinski definition) is 1. The normalized spacial score (nSPS) is 10.6. The minimum Gasteiger partial charge on any atom is -0.497 e. The van der Waals surface area contributed by atoms with E-state index in [1.807, 2.05) is 24.3 Å². The van der Waals surface area contributed by atoms with Gasteiger partial charge in [-0.3, -0.25) is 9.59 Å². The summed E-state index contributed by atoms with van der Waals surface area (Å²) in [6.07, 6.45) is 1.72. The molecule has 26 heavy (non-hydrogen) atoms. The van der Waals surface area contributed by atoms with Crippen LogP contribution in [-0.4, -0.2) is 30.5 Å². The molecule has 134 valence electrons. The van der Waals surface area contributed by atoms with Crippen LogP contribution < -0.4 is 14.8 Å². The summed E-state index contributed by atoms with van der Waals surface area (Å²) in [7, 11) is 3.10. The molecule has 3 rings (SSSR count). The molecule has 0 atom stereocenters. The summed E-state index contributed by atoms with van der Waals surface area (Å²) in [6, 6.07) is 12.7. The molecule has 1 heterocycles. The molecule has 0 aliphatic carbocycles. The minimum absolute atomic E-state index is 0.0304. The molecule has 0 saturated heterocycles. The third-order valence-electron chi connectivity index (χ3n) is 4.16. The maximum atomic E-state index is 12.5. The van der Waals surface area contributed by atoms with Crippen LogP contribution in [0.2, 0.25) is 0 Å². The van der Waals surface area contributed by atoms with Gasteiger partial charge < -0.3 is 19.4 Å². The van der Waals surface area contributed by atoms with Gasteiger partial charge in [-0.05, 0) is 25.1 Å². The highest BCUT2D eigenvalue weighted by Crippen LogP contribution is 2.29. The summed E-state index contributed by atoms with van der Waals surface area (Å²) in [4.78, 5) is 24.4. The number of Topliss-reactive ketones (excluding diaryl/α,β-unsaturated/α-hetero) is 1. The summed E-state index contributed by atoms with van der Waals surface area (Å²) < 4.78 is 12.2. The van der Waals surface area contributed by atoms with Crippen molar-refractivity contribution in [1.29, 1.82) is 0 Å². The van der Waals surface area contributed by atoms with Crippen LogP contribution in [0.3, 0.4) is 0 Å². The number of nitrogens with one attached hydrogen (secondary N) is 1. The molecule has 1 amide bonds. The van der Waals surface area contributed by atoms with E-state index >= 15 is 0 Å². The van der Waals surface area contributed by atoms with E-state index in [2.05, 4.69) is 5.32 Å². The Morgan fingerprint density at radius 1 is 1.08 bits per heavy atom. The Morgan fingerprint density at radius 2 is 1.85 bits per heavy atom. The number of aromatic nitrogens is 1. The standard InChI is InChI=1S/C20H20N2O4/c1-13(23)16-11-22(18-7-5-4-6-15(16)18)12-20(24)21-17-9-8-14(25-2)10-19(17)26-3/h4-11H,12H2,1-3H3,(H,21,24). The lowest BCUT2D eigenvalue weighted by Gasteiger charge is -2.12. The number of hydrogen-bond acceptors (Lipinski definition) is 4. The van der Waals surface area contributed by atoms with Crippen molar-refractivity contribution in [3.8, 4) is 11.5 Å². The maximum Gasteiger partial charge on any atom is 0.244 e. The molecule has 0 spiro atoms. The predicted octanol–water partition coefficient (Wildman–Crippen LogP) is 3.50. The smallest absolute Gasteiger partial charge is 0.244 e. The molecule has 0 aliphatic rings. The molecule has 6 heteroatoms. The summed E-state index contributed by atoms with van der Waals surface area (Å²) >= 11 is 0. The number of fused-ring (bicyclic) bond motifs is 1. The molecule has 0 saturated carbocycles. The van der Waals surface area contributed by atoms with Gasteiger partial charge in [-0.1, -0.05) is 18.2 Å². The number of benzene rings is 2. The average Bonchev–Trinajstić information content (AvgIpc) is 3.01. The highest BCUT2D eigenvalue weighted by atomic mass is 16.5. The van der Waals surface area contributed by atoms with Gasteiger partial charge in [-0.15, -0.1) is 0 Å². The Bertz CT molecular complexity index is 975. The zero-order chi connectivity index (χ0) is 18.7. The van der Waals surface area contributed by atoms with Gasteiger partial charge in [-0.25, -0.2) is 0 Å². The summed E-state index contributed by atoms with van der Waals surface area (Å²) in [5, 5.41) is 3.68. The molecule has 0 unspecified atom stereocenters. The van der Waals surface area contributed by atoms with Crippen molar-refractivity contribution in [2.45, 2.75) is 13.5 Å². The van der Waals surface area contributed by atoms with Crippen molar-refractivity contribution >= 4 is 28.3 Å². The molecular formula is C20H20N2O4. The summed E-state index contributed by atoms with van der Waals surface area (Å²) in [6.45, 7) is 1.61. The van der Waals surface area contributed by atoms with Gasteiger partial charge in [0.2, 0.25) is 5.91 Å². The minimum atomic E-state index is -0.218. The Kier molecular flexibility index (Phi) is 4.93. The Morgan fingerprint density at radius 3 is 2.54 bits per heavy atom. The van der Waals surface area contributed by atoms with Crippen molar-refractivity contribution in [1.82, 2.24) is 4.57 Å². The van der Waals surface area contributed by atoms with E-state index in [9.17, 15) is 9.59 Å². The van der Waals surface area contributed by atoms with Gasteiger partial charge in [0.1, 0.15) is 18.0 Å². The zero-order valence-electron chi connectivity index (χ0n) is 14.9. The Hall–Kier alpha value is -3.28. The quantitative estimate of drug-likeness (QED) is 0.690. The molecular weight excluding hydrogens is 332 g/mol. The molecule has 1 aromatic heterocycles. The van der Waals surface area contributed by atoms with Gasteiger partial charge >= 0.3 is 0 Å². The van der Waals surface area contributed by atoms with Crippen molar-refractivity contribution in [3.05, 3.63) is 54.2 Å². The van der Waals surface area contributed by atoms with Crippen LogP contribution in [0.25, 0.3) is 10.9 Å². The third kappa shape index (κ3) is 3.39. The number of carbonyl (C=O) groups excluding carboxylic acids is 2. The fraction of sp³-hybridized carbons (Fsp3) is 0.200. The van der Waals surface area contributed by atoms with E-state index in [1.165, 1.54) is 14.0 Å². The number of carbonyl (C=O) groups is 2. The summed E-state index contributed by atoms with van der Waals surface area (Å²) in [5.41, 5.74) is 2.01. The Labute approximate surface area is 151 Å². The molecule has 3 aromatic rings. The van der Waals surface area contributed by atoms with Crippen LogP contribution in [0.5, 0.6) is 11.5 Å². The van der Waals surface area contributed by atoms with Crippen LogP contribution in [0.1, 0.15) is 17.3 Å². The number of rotatable bonds is 6. The predicted molar refractivity (Wildman–Crippen MR) is 100 cm³/mol. The number of ketones is 1. The van der Waals surface area contributed by atoms with E-state index in [1.54, 1.807) is 36.1 Å². The van der Waals surface area contributed by atoms with E-state index in [4.69, 9.17) is 9.47 Å². The largest absolute Gasteiger partial charge is 0.497 e. The van der Waals surface area contributed by atoms with Crippen molar-refractivity contribution in [2.24, 2.45) is 0 Å². The second kappa shape index (κ2) is 7.31. The number of anilines is 1. The van der Waals surface area contributed by atoms with Crippen molar-refractivity contribution < 1.29 is 19.1 Å². The van der Waals surface area contributed by atoms with E-state index in [0.717, 1.165) is 10.9 Å². The van der Waals surface area contributed by atoms with Crippen molar-refractivity contribution in [2.75, 3.05) is 19.5 Å². The monoisotopic (exact) mass is 352 g/mol.